The van der Waals surface area contributed by atoms with Crippen LogP contribution in [-0.4, -0.2) is 38.8 Å². The molecule has 0 aliphatic carbocycles. The summed E-state index contributed by atoms with van der Waals surface area (Å²) in [6.07, 6.45) is 4.50. The van der Waals surface area contributed by atoms with Gasteiger partial charge >= 0.3 is 0 Å². The first-order chi connectivity index (χ1) is 14.7. The first-order valence-corrected chi connectivity index (χ1v) is 10.7. The van der Waals surface area contributed by atoms with E-state index in [2.05, 4.69) is 46.7 Å². The molecule has 1 saturated heterocycles. The van der Waals surface area contributed by atoms with E-state index in [0.29, 0.717) is 6.42 Å². The fraction of sp³-hybridized carbons (Fsp3) is 0.375. The van der Waals surface area contributed by atoms with Crippen molar-refractivity contribution in [3.63, 3.8) is 0 Å². The summed E-state index contributed by atoms with van der Waals surface area (Å²) < 4.78 is 16.5. The van der Waals surface area contributed by atoms with Gasteiger partial charge in [0.25, 0.3) is 0 Å². The third kappa shape index (κ3) is 3.67. The normalized spacial score (nSPS) is 19.9. The van der Waals surface area contributed by atoms with Crippen LogP contribution in [0.15, 0.2) is 48.7 Å². The highest BCUT2D eigenvalue weighted by Crippen LogP contribution is 2.27. The average molecular weight is 404 g/mol. The molecule has 3 aromatic heterocycles. The maximum atomic E-state index is 14.5. The number of para-hydroxylation sites is 1. The summed E-state index contributed by atoms with van der Waals surface area (Å²) in [7, 11) is 0. The monoisotopic (exact) mass is 403 g/mol. The molecule has 0 saturated carbocycles. The Morgan fingerprint density at radius 1 is 1.07 bits per heavy atom. The number of alkyl halides is 1. The molecule has 0 bridgehead atoms. The molecule has 5 rings (SSSR count). The van der Waals surface area contributed by atoms with Crippen molar-refractivity contribution in [1.29, 1.82) is 0 Å². The summed E-state index contributed by atoms with van der Waals surface area (Å²) in [6.45, 7) is 3.74. The Bertz CT molecular complexity index is 1180. The lowest BCUT2D eigenvalue weighted by Gasteiger charge is -2.18. The molecule has 4 aromatic rings. The van der Waals surface area contributed by atoms with Gasteiger partial charge in [-0.25, -0.2) is 9.37 Å². The van der Waals surface area contributed by atoms with Crippen molar-refractivity contribution in [2.45, 2.75) is 38.8 Å². The van der Waals surface area contributed by atoms with Gasteiger partial charge in [0.15, 0.2) is 11.5 Å². The third-order valence-electron chi connectivity index (χ3n) is 6.17. The van der Waals surface area contributed by atoms with Crippen LogP contribution in [0.3, 0.4) is 0 Å². The van der Waals surface area contributed by atoms with Gasteiger partial charge in [-0.2, -0.15) is 0 Å². The first kappa shape index (κ1) is 19.1. The molecule has 4 heterocycles. The number of benzene rings is 1. The van der Waals surface area contributed by atoms with Crippen LogP contribution in [0, 0.1) is 12.8 Å². The number of halogens is 1. The van der Waals surface area contributed by atoms with Crippen LogP contribution in [0.25, 0.3) is 28.1 Å². The molecular weight excluding hydrogens is 377 g/mol. The van der Waals surface area contributed by atoms with Crippen LogP contribution in [0.4, 0.5) is 4.39 Å². The van der Waals surface area contributed by atoms with Gasteiger partial charge in [0, 0.05) is 11.6 Å². The number of aryl methyl sites for hydroxylation is 2. The molecule has 1 aliphatic rings. The molecule has 154 valence electrons. The summed E-state index contributed by atoms with van der Waals surface area (Å²) in [6, 6.07) is 14.3. The molecule has 6 heteroatoms. The number of rotatable bonds is 4. The lowest BCUT2D eigenvalue weighted by Crippen LogP contribution is -2.16. The zero-order chi connectivity index (χ0) is 20.5. The van der Waals surface area contributed by atoms with Crippen LogP contribution in [0.5, 0.6) is 0 Å². The lowest BCUT2D eigenvalue weighted by atomic mass is 9.91. The van der Waals surface area contributed by atoms with Crippen molar-refractivity contribution in [2.75, 3.05) is 13.1 Å². The zero-order valence-corrected chi connectivity index (χ0v) is 17.2. The Morgan fingerprint density at radius 2 is 1.97 bits per heavy atom. The molecule has 1 aromatic carbocycles. The van der Waals surface area contributed by atoms with Gasteiger partial charge in [0.1, 0.15) is 11.9 Å². The van der Waals surface area contributed by atoms with Gasteiger partial charge in [-0.05, 0) is 74.9 Å². The highest BCUT2D eigenvalue weighted by molar-refractivity contribution is 5.84. The summed E-state index contributed by atoms with van der Waals surface area (Å²) in [4.78, 5) is 4.97. The van der Waals surface area contributed by atoms with Gasteiger partial charge in [0.05, 0.1) is 5.52 Å². The smallest absolute Gasteiger partial charge is 0.187 e. The summed E-state index contributed by atoms with van der Waals surface area (Å²) >= 11 is 0. The topological polar surface area (TPSA) is 55.1 Å². The molecule has 30 heavy (non-hydrogen) atoms. The number of hydrogen-bond donors (Lipinski definition) is 1. The molecule has 2 atom stereocenters. The van der Waals surface area contributed by atoms with E-state index in [4.69, 9.17) is 4.98 Å². The zero-order valence-electron chi connectivity index (χ0n) is 17.2. The fourth-order valence-electron chi connectivity index (χ4n) is 4.44. The van der Waals surface area contributed by atoms with E-state index in [1.807, 2.05) is 28.8 Å². The van der Waals surface area contributed by atoms with Gasteiger partial charge in [-0.15, -0.1) is 10.2 Å². The average Bonchev–Trinajstić information content (AvgIpc) is 3.06. The van der Waals surface area contributed by atoms with Crippen LogP contribution < -0.4 is 5.32 Å². The molecule has 1 aliphatic heterocycles. The predicted molar refractivity (Wildman–Crippen MR) is 117 cm³/mol. The first-order valence-electron chi connectivity index (χ1n) is 10.7. The van der Waals surface area contributed by atoms with Crippen LogP contribution in [0.1, 0.15) is 30.4 Å². The molecule has 1 fully saturated rings. The van der Waals surface area contributed by atoms with E-state index in [-0.39, 0.29) is 5.92 Å². The number of pyridine rings is 2. The van der Waals surface area contributed by atoms with Crippen molar-refractivity contribution in [3.05, 3.63) is 59.8 Å². The van der Waals surface area contributed by atoms with Crippen molar-refractivity contribution < 1.29 is 4.39 Å². The second kappa shape index (κ2) is 8.11. The van der Waals surface area contributed by atoms with Crippen molar-refractivity contribution >= 4 is 16.6 Å². The molecule has 0 amide bonds. The van der Waals surface area contributed by atoms with Crippen molar-refractivity contribution in [1.82, 2.24) is 24.9 Å². The molecule has 2 unspecified atom stereocenters. The molecule has 1 N–H and O–H groups in total. The highest BCUT2D eigenvalue weighted by Gasteiger charge is 2.23. The second-order valence-corrected chi connectivity index (χ2v) is 8.29. The highest BCUT2D eigenvalue weighted by atomic mass is 19.1. The maximum Gasteiger partial charge on any atom is 0.187 e. The summed E-state index contributed by atoms with van der Waals surface area (Å²) in [5.41, 5.74) is 4.89. The van der Waals surface area contributed by atoms with Crippen molar-refractivity contribution in [2.24, 2.45) is 5.92 Å². The van der Waals surface area contributed by atoms with Gasteiger partial charge in [-0.3, -0.25) is 4.40 Å². The Morgan fingerprint density at radius 3 is 2.90 bits per heavy atom. The van der Waals surface area contributed by atoms with Crippen LogP contribution in [-0.2, 0) is 6.42 Å². The minimum atomic E-state index is -0.718. The number of fused-ring (bicyclic) bond motifs is 2. The predicted octanol–water partition coefficient (Wildman–Crippen LogP) is 4.52. The van der Waals surface area contributed by atoms with Gasteiger partial charge in [-0.1, -0.05) is 30.3 Å². The van der Waals surface area contributed by atoms with Crippen LogP contribution in [0.2, 0.25) is 0 Å². The van der Waals surface area contributed by atoms with Crippen molar-refractivity contribution in [3.8, 4) is 11.5 Å². The van der Waals surface area contributed by atoms with E-state index in [1.165, 1.54) is 5.56 Å². The quantitative estimate of drug-likeness (QED) is 0.544. The SMILES string of the molecule is Cc1ccc2nnc(-c3ccc4cccc(CCC5CCNCCC5F)c4n3)n2c1. The minimum absolute atomic E-state index is 0.113. The third-order valence-corrected chi connectivity index (χ3v) is 6.17. The largest absolute Gasteiger partial charge is 0.317 e. The van der Waals surface area contributed by atoms with Gasteiger partial charge < -0.3 is 5.32 Å². The number of nitrogens with one attached hydrogen (secondary N) is 1. The Kier molecular flexibility index (Phi) is 5.17. The Hall–Kier alpha value is -2.86. The molecule has 0 spiro atoms. The molecular formula is C24H26FN5. The molecule has 0 radical (unpaired) electrons. The maximum absolute atomic E-state index is 14.5. The number of nitrogens with zero attached hydrogens (tertiary/aromatic N) is 4. The summed E-state index contributed by atoms with van der Waals surface area (Å²) in [5.74, 6) is 0.853. The van der Waals surface area contributed by atoms with E-state index in [0.717, 1.165) is 66.0 Å². The lowest BCUT2D eigenvalue weighted by molar-refractivity contribution is 0.211. The molecule has 5 nitrogen and oxygen atoms in total. The van der Waals surface area contributed by atoms with E-state index >= 15 is 0 Å². The van der Waals surface area contributed by atoms with E-state index < -0.39 is 6.17 Å². The standard InChI is InChI=1S/C24H26FN5/c1-16-5-10-22-28-29-24(30(22)15-16)21-9-8-19-4-2-3-18(23(19)27-21)7-6-17-11-13-26-14-12-20(17)25/h2-5,8-10,15,17,20,26H,6-7,11-14H2,1H3. The Labute approximate surface area is 175 Å². The van der Waals surface area contributed by atoms with E-state index in [1.54, 1.807) is 0 Å². The van der Waals surface area contributed by atoms with E-state index in [9.17, 15) is 4.39 Å². The fourth-order valence-corrected chi connectivity index (χ4v) is 4.44. The van der Waals surface area contributed by atoms with Gasteiger partial charge in [0.2, 0.25) is 0 Å². The number of aromatic nitrogens is 4. The minimum Gasteiger partial charge on any atom is -0.317 e. The number of hydrogen-bond acceptors (Lipinski definition) is 4. The second-order valence-electron chi connectivity index (χ2n) is 8.29. The summed E-state index contributed by atoms with van der Waals surface area (Å²) in [5, 5.41) is 13.1. The Balaban J connectivity index is 1.48. The van der Waals surface area contributed by atoms with Crippen LogP contribution >= 0.6 is 0 Å².